The SMILES string of the molecule is COC(=O)c1ccoc1COC(=O)c1ccccc1SC. The van der Waals surface area contributed by atoms with Gasteiger partial charge in [0.15, 0.2) is 12.4 Å². The van der Waals surface area contributed by atoms with Gasteiger partial charge in [-0.3, -0.25) is 0 Å². The Bertz CT molecular complexity index is 647. The van der Waals surface area contributed by atoms with Gasteiger partial charge in [-0.25, -0.2) is 9.59 Å². The predicted molar refractivity (Wildman–Crippen MR) is 77.4 cm³/mol. The van der Waals surface area contributed by atoms with Crippen molar-refractivity contribution in [3.8, 4) is 0 Å². The molecule has 0 N–H and O–H groups in total. The topological polar surface area (TPSA) is 65.7 Å². The van der Waals surface area contributed by atoms with E-state index >= 15 is 0 Å². The van der Waals surface area contributed by atoms with E-state index in [0.29, 0.717) is 5.56 Å². The fourth-order valence-corrected chi connectivity index (χ4v) is 2.35. The van der Waals surface area contributed by atoms with Crippen LogP contribution in [0.3, 0.4) is 0 Å². The van der Waals surface area contributed by atoms with Crippen LogP contribution in [0.25, 0.3) is 0 Å². The molecule has 0 bridgehead atoms. The second kappa shape index (κ2) is 6.99. The van der Waals surface area contributed by atoms with Crippen LogP contribution < -0.4 is 0 Å². The Balaban J connectivity index is 2.08. The van der Waals surface area contributed by atoms with Crippen LogP contribution in [-0.4, -0.2) is 25.3 Å². The summed E-state index contributed by atoms with van der Waals surface area (Å²) in [6.07, 6.45) is 3.24. The van der Waals surface area contributed by atoms with Gasteiger partial charge in [-0.15, -0.1) is 11.8 Å². The molecule has 0 unspecified atom stereocenters. The van der Waals surface area contributed by atoms with Gasteiger partial charge < -0.3 is 13.9 Å². The van der Waals surface area contributed by atoms with Crippen LogP contribution in [0.1, 0.15) is 26.5 Å². The maximum Gasteiger partial charge on any atom is 0.341 e. The van der Waals surface area contributed by atoms with Crippen molar-refractivity contribution >= 4 is 23.7 Å². The van der Waals surface area contributed by atoms with E-state index in [1.165, 1.54) is 31.2 Å². The molecule has 21 heavy (non-hydrogen) atoms. The number of hydrogen-bond acceptors (Lipinski definition) is 6. The van der Waals surface area contributed by atoms with Crippen LogP contribution in [0.4, 0.5) is 0 Å². The second-order valence-electron chi connectivity index (χ2n) is 4.03. The Hall–Kier alpha value is -2.21. The van der Waals surface area contributed by atoms with Gasteiger partial charge in [-0.2, -0.15) is 0 Å². The van der Waals surface area contributed by atoms with Crippen molar-refractivity contribution in [2.45, 2.75) is 11.5 Å². The summed E-state index contributed by atoms with van der Waals surface area (Å²) in [7, 11) is 1.28. The van der Waals surface area contributed by atoms with Crippen molar-refractivity contribution in [2.24, 2.45) is 0 Å². The molecule has 0 aliphatic heterocycles. The quantitative estimate of drug-likeness (QED) is 0.624. The standard InChI is InChI=1S/C15H14O5S/c1-18-14(16)10-7-8-19-12(10)9-20-15(17)11-5-3-4-6-13(11)21-2/h3-8H,9H2,1-2H3. The first kappa shape index (κ1) is 15.2. The number of benzene rings is 1. The minimum Gasteiger partial charge on any atom is -0.465 e. The van der Waals surface area contributed by atoms with Crippen LogP contribution in [0.5, 0.6) is 0 Å². The van der Waals surface area contributed by atoms with Gasteiger partial charge in [0.25, 0.3) is 0 Å². The maximum absolute atomic E-state index is 12.1. The molecule has 2 aromatic rings. The zero-order valence-corrected chi connectivity index (χ0v) is 12.4. The normalized spacial score (nSPS) is 10.2. The summed E-state index contributed by atoms with van der Waals surface area (Å²) >= 11 is 1.46. The molecule has 6 heteroatoms. The van der Waals surface area contributed by atoms with Crippen molar-refractivity contribution in [3.63, 3.8) is 0 Å². The Labute approximate surface area is 126 Å². The molecule has 0 saturated carbocycles. The lowest BCUT2D eigenvalue weighted by Gasteiger charge is -2.07. The van der Waals surface area contributed by atoms with E-state index in [2.05, 4.69) is 4.74 Å². The maximum atomic E-state index is 12.1. The largest absolute Gasteiger partial charge is 0.465 e. The van der Waals surface area contributed by atoms with Gasteiger partial charge in [-0.05, 0) is 24.5 Å². The van der Waals surface area contributed by atoms with Crippen LogP contribution in [0, 0.1) is 0 Å². The van der Waals surface area contributed by atoms with E-state index in [0.717, 1.165) is 4.90 Å². The summed E-state index contributed by atoms with van der Waals surface area (Å²) in [5.74, 6) is -0.733. The molecular weight excluding hydrogens is 292 g/mol. The lowest BCUT2D eigenvalue weighted by molar-refractivity contribution is 0.0428. The van der Waals surface area contributed by atoms with Gasteiger partial charge >= 0.3 is 11.9 Å². The summed E-state index contributed by atoms with van der Waals surface area (Å²) in [5, 5.41) is 0. The van der Waals surface area contributed by atoms with Crippen molar-refractivity contribution < 1.29 is 23.5 Å². The molecular formula is C15H14O5S. The van der Waals surface area contributed by atoms with Crippen LogP contribution in [0.2, 0.25) is 0 Å². The third-order valence-electron chi connectivity index (χ3n) is 2.81. The van der Waals surface area contributed by atoms with E-state index < -0.39 is 11.9 Å². The van der Waals surface area contributed by atoms with Crippen molar-refractivity contribution in [2.75, 3.05) is 13.4 Å². The number of hydrogen-bond donors (Lipinski definition) is 0. The van der Waals surface area contributed by atoms with Gasteiger partial charge in [0.1, 0.15) is 5.56 Å². The fraction of sp³-hybridized carbons (Fsp3) is 0.200. The highest BCUT2D eigenvalue weighted by molar-refractivity contribution is 7.98. The molecule has 0 aliphatic carbocycles. The fourth-order valence-electron chi connectivity index (χ4n) is 1.77. The molecule has 1 heterocycles. The molecule has 0 radical (unpaired) electrons. The molecule has 0 fully saturated rings. The van der Waals surface area contributed by atoms with E-state index in [1.54, 1.807) is 12.1 Å². The number of ether oxygens (including phenoxy) is 2. The van der Waals surface area contributed by atoms with Crippen LogP contribution in [-0.2, 0) is 16.1 Å². The van der Waals surface area contributed by atoms with Crippen molar-refractivity contribution in [1.82, 2.24) is 0 Å². The Kier molecular flexibility index (Phi) is 5.05. The van der Waals surface area contributed by atoms with Gasteiger partial charge in [-0.1, -0.05) is 12.1 Å². The van der Waals surface area contributed by atoms with Crippen molar-refractivity contribution in [1.29, 1.82) is 0 Å². The highest BCUT2D eigenvalue weighted by atomic mass is 32.2. The Morgan fingerprint density at radius 2 is 1.90 bits per heavy atom. The molecule has 0 atom stereocenters. The smallest absolute Gasteiger partial charge is 0.341 e. The predicted octanol–water partition coefficient (Wildman–Crippen LogP) is 3.15. The number of thioether (sulfide) groups is 1. The Morgan fingerprint density at radius 1 is 1.14 bits per heavy atom. The molecule has 0 saturated heterocycles. The third kappa shape index (κ3) is 3.46. The number of carbonyl (C=O) groups excluding carboxylic acids is 2. The summed E-state index contributed by atoms with van der Waals surface area (Å²) < 4.78 is 15.0. The van der Waals surface area contributed by atoms with E-state index in [4.69, 9.17) is 9.15 Å². The highest BCUT2D eigenvalue weighted by Crippen LogP contribution is 2.21. The minimum atomic E-state index is -0.528. The number of furan rings is 1. The average Bonchev–Trinajstić information content (AvgIpc) is 3.00. The first-order valence-corrected chi connectivity index (χ1v) is 7.34. The Morgan fingerprint density at radius 3 is 2.62 bits per heavy atom. The van der Waals surface area contributed by atoms with Gasteiger partial charge in [0.05, 0.1) is 18.9 Å². The minimum absolute atomic E-state index is 0.126. The first-order chi connectivity index (χ1) is 10.2. The summed E-state index contributed by atoms with van der Waals surface area (Å²) in [6.45, 7) is -0.126. The van der Waals surface area contributed by atoms with Gasteiger partial charge in [0, 0.05) is 4.90 Å². The van der Waals surface area contributed by atoms with E-state index in [-0.39, 0.29) is 17.9 Å². The number of carbonyl (C=O) groups is 2. The highest BCUT2D eigenvalue weighted by Gasteiger charge is 2.18. The number of esters is 2. The number of methoxy groups -OCH3 is 1. The lowest BCUT2D eigenvalue weighted by Crippen LogP contribution is -2.09. The summed E-state index contributed by atoms with van der Waals surface area (Å²) in [5.41, 5.74) is 0.736. The molecule has 1 aromatic carbocycles. The molecule has 1 aromatic heterocycles. The number of rotatable bonds is 5. The zero-order valence-electron chi connectivity index (χ0n) is 11.6. The molecule has 110 valence electrons. The average molecular weight is 306 g/mol. The van der Waals surface area contributed by atoms with Crippen LogP contribution in [0.15, 0.2) is 45.9 Å². The zero-order chi connectivity index (χ0) is 15.2. The van der Waals surface area contributed by atoms with E-state index in [9.17, 15) is 9.59 Å². The van der Waals surface area contributed by atoms with E-state index in [1.807, 2.05) is 18.4 Å². The summed E-state index contributed by atoms with van der Waals surface area (Å²) in [6, 6.07) is 8.63. The second-order valence-corrected chi connectivity index (χ2v) is 4.87. The summed E-state index contributed by atoms with van der Waals surface area (Å²) in [4.78, 5) is 24.4. The molecule has 0 amide bonds. The third-order valence-corrected chi connectivity index (χ3v) is 3.61. The molecule has 5 nitrogen and oxygen atoms in total. The van der Waals surface area contributed by atoms with Gasteiger partial charge in [0.2, 0.25) is 0 Å². The monoisotopic (exact) mass is 306 g/mol. The molecule has 2 rings (SSSR count). The first-order valence-electron chi connectivity index (χ1n) is 6.12. The van der Waals surface area contributed by atoms with Crippen LogP contribution >= 0.6 is 11.8 Å². The molecule has 0 spiro atoms. The lowest BCUT2D eigenvalue weighted by atomic mass is 10.2. The molecule has 0 aliphatic rings. The van der Waals surface area contributed by atoms with Crippen molar-refractivity contribution in [3.05, 3.63) is 53.5 Å².